The van der Waals surface area contributed by atoms with Crippen molar-refractivity contribution in [2.75, 3.05) is 15.5 Å². The van der Waals surface area contributed by atoms with Gasteiger partial charge in [-0.1, -0.05) is 23.7 Å². The Labute approximate surface area is 212 Å². The zero-order valence-corrected chi connectivity index (χ0v) is 20.8. The van der Waals surface area contributed by atoms with E-state index in [1.807, 2.05) is 19.9 Å². The summed E-state index contributed by atoms with van der Waals surface area (Å²) >= 11 is 6.23. The van der Waals surface area contributed by atoms with Gasteiger partial charge in [-0.3, -0.25) is 14.4 Å². The predicted molar refractivity (Wildman–Crippen MR) is 137 cm³/mol. The molecule has 3 amide bonds. The zero-order chi connectivity index (χ0) is 26.2. The summed E-state index contributed by atoms with van der Waals surface area (Å²) in [6, 6.07) is 17.0. The number of hydrogen-bond donors (Lipinski definition) is 3. The largest absolute Gasteiger partial charge is 0.350 e. The number of benzene rings is 3. The Morgan fingerprint density at radius 2 is 1.53 bits per heavy atom. The first-order valence-electron chi connectivity index (χ1n) is 10.6. The minimum Gasteiger partial charge on any atom is -0.350 e. The van der Waals surface area contributed by atoms with E-state index in [2.05, 4.69) is 10.6 Å². The van der Waals surface area contributed by atoms with Crippen molar-refractivity contribution in [2.45, 2.75) is 18.7 Å². The molecule has 9 nitrogen and oxygen atoms in total. The molecule has 0 unspecified atom stereocenters. The smallest absolute Gasteiger partial charge is 0.283 e. The first kappa shape index (κ1) is 25.1. The molecule has 36 heavy (non-hydrogen) atoms. The standard InChI is InChI=1S/C25H21ClN4O5S/c1-14-10-15(2)12-19(11-14)30-24(32)21(26)22(25(30)33)28-18-5-3-4-16(13-18)23(31)29-17-6-8-20(9-7-17)36(27,34)35/h3-13,28H,1-2H3,(H,29,31)(H2,27,34,35). The van der Waals surface area contributed by atoms with E-state index in [0.717, 1.165) is 16.0 Å². The zero-order valence-electron chi connectivity index (χ0n) is 19.2. The highest BCUT2D eigenvalue weighted by Gasteiger charge is 2.39. The fourth-order valence-corrected chi connectivity index (χ4v) is 4.47. The molecule has 4 rings (SSSR count). The number of hydrogen-bond acceptors (Lipinski definition) is 6. The Morgan fingerprint density at radius 3 is 2.14 bits per heavy atom. The van der Waals surface area contributed by atoms with E-state index in [9.17, 15) is 22.8 Å². The quantitative estimate of drug-likeness (QED) is 0.421. The van der Waals surface area contributed by atoms with Crippen LogP contribution in [0.25, 0.3) is 0 Å². The maximum absolute atomic E-state index is 13.1. The van der Waals surface area contributed by atoms with Gasteiger partial charge in [0.05, 0.1) is 10.6 Å². The third-order valence-electron chi connectivity index (χ3n) is 5.33. The number of halogens is 1. The fourth-order valence-electron chi connectivity index (χ4n) is 3.74. The van der Waals surface area contributed by atoms with Gasteiger partial charge in [-0.25, -0.2) is 18.5 Å². The van der Waals surface area contributed by atoms with Crippen LogP contribution in [0.15, 0.2) is 82.4 Å². The molecule has 4 N–H and O–H groups in total. The van der Waals surface area contributed by atoms with Crippen molar-refractivity contribution in [3.05, 3.63) is 94.1 Å². The highest BCUT2D eigenvalue weighted by molar-refractivity contribution is 7.89. The van der Waals surface area contributed by atoms with Crippen LogP contribution in [0.1, 0.15) is 21.5 Å². The van der Waals surface area contributed by atoms with Crippen LogP contribution in [-0.4, -0.2) is 26.1 Å². The maximum atomic E-state index is 13.1. The normalized spacial score (nSPS) is 13.8. The molecule has 0 fully saturated rings. The Balaban J connectivity index is 1.52. The molecule has 0 saturated carbocycles. The number of imide groups is 1. The van der Waals surface area contributed by atoms with Crippen LogP contribution in [0.2, 0.25) is 0 Å². The van der Waals surface area contributed by atoms with Gasteiger partial charge in [0.15, 0.2) is 0 Å². The lowest BCUT2D eigenvalue weighted by Crippen LogP contribution is -2.32. The van der Waals surface area contributed by atoms with Crippen LogP contribution in [0.5, 0.6) is 0 Å². The van der Waals surface area contributed by atoms with E-state index in [-0.39, 0.29) is 21.2 Å². The van der Waals surface area contributed by atoms with E-state index < -0.39 is 27.7 Å². The molecule has 1 aliphatic rings. The SMILES string of the molecule is Cc1cc(C)cc(N2C(=O)C(Cl)=C(Nc3cccc(C(=O)Nc4ccc(S(N)(=O)=O)cc4)c3)C2=O)c1. The van der Waals surface area contributed by atoms with Gasteiger partial charge in [-0.15, -0.1) is 0 Å². The van der Waals surface area contributed by atoms with Gasteiger partial charge in [0.1, 0.15) is 10.7 Å². The summed E-state index contributed by atoms with van der Waals surface area (Å²) in [5.41, 5.74) is 3.06. The number of carbonyl (C=O) groups is 3. The number of amides is 3. The lowest BCUT2D eigenvalue weighted by atomic mass is 10.1. The maximum Gasteiger partial charge on any atom is 0.283 e. The molecule has 0 radical (unpaired) electrons. The second kappa shape index (κ2) is 9.57. The summed E-state index contributed by atoms with van der Waals surface area (Å²) in [5, 5.41) is 10.3. The molecule has 3 aromatic carbocycles. The summed E-state index contributed by atoms with van der Waals surface area (Å²) in [6.45, 7) is 3.72. The molecule has 1 aliphatic heterocycles. The predicted octanol–water partition coefficient (Wildman–Crippen LogP) is 3.64. The van der Waals surface area contributed by atoms with Gasteiger partial charge in [0, 0.05) is 16.9 Å². The molecule has 1 heterocycles. The molecule has 11 heteroatoms. The number of nitrogens with two attached hydrogens (primary N) is 1. The highest BCUT2D eigenvalue weighted by Crippen LogP contribution is 2.31. The third-order valence-corrected chi connectivity index (χ3v) is 6.61. The van der Waals surface area contributed by atoms with Gasteiger partial charge >= 0.3 is 0 Å². The number of nitrogens with one attached hydrogen (secondary N) is 2. The van der Waals surface area contributed by atoms with Gasteiger partial charge in [0.2, 0.25) is 10.0 Å². The number of carbonyl (C=O) groups excluding carboxylic acids is 3. The molecule has 0 saturated heterocycles. The Morgan fingerprint density at radius 1 is 0.889 bits per heavy atom. The summed E-state index contributed by atoms with van der Waals surface area (Å²) in [6.07, 6.45) is 0. The van der Waals surface area contributed by atoms with Crippen LogP contribution in [0, 0.1) is 13.8 Å². The van der Waals surface area contributed by atoms with Crippen molar-refractivity contribution in [2.24, 2.45) is 5.14 Å². The first-order valence-corrected chi connectivity index (χ1v) is 12.5. The van der Waals surface area contributed by atoms with Crippen LogP contribution < -0.4 is 20.7 Å². The average Bonchev–Trinajstić information content (AvgIpc) is 3.01. The fraction of sp³-hybridized carbons (Fsp3) is 0.0800. The van der Waals surface area contributed by atoms with Crippen molar-refractivity contribution in [1.29, 1.82) is 0 Å². The molecular weight excluding hydrogens is 504 g/mol. The average molecular weight is 525 g/mol. The molecule has 0 aromatic heterocycles. The number of anilines is 3. The van der Waals surface area contributed by atoms with Crippen LogP contribution >= 0.6 is 11.6 Å². The molecule has 3 aromatic rings. The number of aryl methyl sites for hydroxylation is 2. The van der Waals surface area contributed by atoms with Crippen molar-refractivity contribution >= 4 is 56.4 Å². The van der Waals surface area contributed by atoms with E-state index in [0.29, 0.717) is 17.1 Å². The van der Waals surface area contributed by atoms with E-state index >= 15 is 0 Å². The van der Waals surface area contributed by atoms with E-state index in [1.165, 1.54) is 30.3 Å². The van der Waals surface area contributed by atoms with Crippen molar-refractivity contribution in [1.82, 2.24) is 0 Å². The molecule has 0 bridgehead atoms. The lowest BCUT2D eigenvalue weighted by Gasteiger charge is -2.16. The summed E-state index contributed by atoms with van der Waals surface area (Å²) in [7, 11) is -3.85. The van der Waals surface area contributed by atoms with Crippen molar-refractivity contribution < 1.29 is 22.8 Å². The minimum absolute atomic E-state index is 0.0810. The number of nitrogens with zero attached hydrogens (tertiary/aromatic N) is 1. The molecule has 0 aliphatic carbocycles. The number of primary sulfonamides is 1. The highest BCUT2D eigenvalue weighted by atomic mass is 35.5. The monoisotopic (exact) mass is 524 g/mol. The number of rotatable bonds is 6. The van der Waals surface area contributed by atoms with Crippen LogP contribution in [-0.2, 0) is 19.6 Å². The second-order valence-corrected chi connectivity index (χ2v) is 10.1. The molecular formula is C25H21ClN4O5S. The summed E-state index contributed by atoms with van der Waals surface area (Å²) in [4.78, 5) is 39.5. The number of sulfonamides is 1. The van der Waals surface area contributed by atoms with Gasteiger partial charge < -0.3 is 10.6 Å². The third kappa shape index (κ3) is 5.15. The Kier molecular flexibility index (Phi) is 6.68. The summed E-state index contributed by atoms with van der Waals surface area (Å²) in [5.74, 6) is -1.74. The van der Waals surface area contributed by atoms with Crippen LogP contribution in [0.3, 0.4) is 0 Å². The Bertz CT molecular complexity index is 1530. The van der Waals surface area contributed by atoms with E-state index in [4.69, 9.17) is 16.7 Å². The van der Waals surface area contributed by atoms with Gasteiger partial charge in [0.25, 0.3) is 17.7 Å². The molecule has 0 atom stereocenters. The second-order valence-electron chi connectivity index (χ2n) is 8.21. The minimum atomic E-state index is -3.85. The van der Waals surface area contributed by atoms with Crippen molar-refractivity contribution in [3.8, 4) is 0 Å². The Hall–Kier alpha value is -3.99. The topological polar surface area (TPSA) is 139 Å². The molecule has 0 spiro atoms. The van der Waals surface area contributed by atoms with Gasteiger partial charge in [-0.05, 0) is 79.6 Å². The summed E-state index contributed by atoms with van der Waals surface area (Å²) < 4.78 is 22.8. The van der Waals surface area contributed by atoms with Crippen LogP contribution in [0.4, 0.5) is 17.1 Å². The van der Waals surface area contributed by atoms with Crippen molar-refractivity contribution in [3.63, 3.8) is 0 Å². The molecule has 184 valence electrons. The first-order chi connectivity index (χ1) is 16.9. The lowest BCUT2D eigenvalue weighted by molar-refractivity contribution is -0.120. The van der Waals surface area contributed by atoms with Gasteiger partial charge in [-0.2, -0.15) is 0 Å². The van der Waals surface area contributed by atoms with E-state index in [1.54, 1.807) is 30.3 Å².